The van der Waals surface area contributed by atoms with Crippen molar-refractivity contribution in [1.29, 1.82) is 0 Å². The number of aliphatic hydroxyl groups excluding tert-OH is 1. The standard InChI is InChI=1S/C25H20Br2N2O/c26-16-5-7-23-19(11-16)21(13-28-23)25(18-4-2-1-3-15(18)9-10-30)22-14-29-24-8-6-17(27)12-20(22)24/h1-8,11-14,25,28-30H,9-10H2. The normalized spacial score (nSPS) is 11.7. The Bertz CT molecular complexity index is 1270. The molecule has 0 saturated carbocycles. The summed E-state index contributed by atoms with van der Waals surface area (Å²) in [5.41, 5.74) is 7.04. The summed E-state index contributed by atoms with van der Waals surface area (Å²) in [5.74, 6) is 0.0267. The molecule has 5 aromatic rings. The summed E-state index contributed by atoms with van der Waals surface area (Å²) < 4.78 is 2.11. The highest BCUT2D eigenvalue weighted by molar-refractivity contribution is 9.10. The molecule has 3 aromatic carbocycles. The third kappa shape index (κ3) is 3.41. The molecule has 0 amide bonds. The predicted molar refractivity (Wildman–Crippen MR) is 130 cm³/mol. The maximum Gasteiger partial charge on any atom is 0.0471 e. The van der Waals surface area contributed by atoms with E-state index in [0.29, 0.717) is 6.42 Å². The summed E-state index contributed by atoms with van der Waals surface area (Å²) in [6, 6.07) is 21.1. The van der Waals surface area contributed by atoms with Crippen LogP contribution >= 0.6 is 31.9 Å². The van der Waals surface area contributed by atoms with Gasteiger partial charge in [-0.3, -0.25) is 0 Å². The van der Waals surface area contributed by atoms with Crippen LogP contribution in [0.25, 0.3) is 21.8 Å². The lowest BCUT2D eigenvalue weighted by atomic mass is 9.82. The summed E-state index contributed by atoms with van der Waals surface area (Å²) in [6.07, 6.45) is 4.87. The molecule has 2 aromatic heterocycles. The molecule has 2 heterocycles. The fourth-order valence-corrected chi connectivity index (χ4v) is 5.10. The van der Waals surface area contributed by atoms with Gasteiger partial charge in [0.1, 0.15) is 0 Å². The Kier molecular flexibility index (Phi) is 5.27. The van der Waals surface area contributed by atoms with Gasteiger partial charge in [-0.1, -0.05) is 56.1 Å². The number of H-pyrrole nitrogens is 2. The molecule has 0 fully saturated rings. The maximum atomic E-state index is 9.68. The summed E-state index contributed by atoms with van der Waals surface area (Å²) in [4.78, 5) is 6.90. The van der Waals surface area contributed by atoms with Crippen molar-refractivity contribution in [3.63, 3.8) is 0 Å². The molecular weight excluding hydrogens is 504 g/mol. The first-order valence-corrected chi connectivity index (χ1v) is 11.5. The Hall–Kier alpha value is -2.34. The first-order chi connectivity index (χ1) is 14.7. The number of aromatic nitrogens is 2. The second kappa shape index (κ2) is 8.06. The summed E-state index contributed by atoms with van der Waals surface area (Å²) >= 11 is 7.27. The van der Waals surface area contributed by atoms with Gasteiger partial charge in [-0.2, -0.15) is 0 Å². The second-order valence-electron chi connectivity index (χ2n) is 7.47. The zero-order chi connectivity index (χ0) is 20.7. The molecule has 0 aliphatic rings. The Labute approximate surface area is 191 Å². The average molecular weight is 524 g/mol. The molecule has 30 heavy (non-hydrogen) atoms. The summed E-state index contributed by atoms with van der Waals surface area (Å²) in [7, 11) is 0. The molecule has 3 nitrogen and oxygen atoms in total. The molecule has 5 rings (SSSR count). The van der Waals surface area contributed by atoms with Gasteiger partial charge in [-0.25, -0.2) is 0 Å². The number of halogens is 2. The van der Waals surface area contributed by atoms with Crippen LogP contribution in [-0.2, 0) is 6.42 Å². The molecule has 0 aliphatic carbocycles. The SMILES string of the molecule is OCCc1ccccc1C(c1c[nH]c2ccc(Br)cc12)c1c[nH]c2ccc(Br)cc12. The van der Waals surface area contributed by atoms with E-state index in [1.807, 2.05) is 6.07 Å². The maximum absolute atomic E-state index is 9.68. The van der Waals surface area contributed by atoms with Gasteiger partial charge in [0.2, 0.25) is 0 Å². The van der Waals surface area contributed by atoms with Crippen LogP contribution in [0.3, 0.4) is 0 Å². The fraction of sp³-hybridized carbons (Fsp3) is 0.120. The van der Waals surface area contributed by atoms with Crippen molar-refractivity contribution in [2.75, 3.05) is 6.61 Å². The zero-order valence-corrected chi connectivity index (χ0v) is 19.3. The zero-order valence-electron chi connectivity index (χ0n) is 16.1. The molecule has 0 unspecified atom stereocenters. The van der Waals surface area contributed by atoms with Crippen LogP contribution in [0.4, 0.5) is 0 Å². The van der Waals surface area contributed by atoms with Crippen molar-refractivity contribution in [3.05, 3.63) is 104 Å². The van der Waals surface area contributed by atoms with E-state index in [1.54, 1.807) is 0 Å². The lowest BCUT2D eigenvalue weighted by molar-refractivity contribution is 0.299. The Morgan fingerprint density at radius 1 is 0.733 bits per heavy atom. The highest BCUT2D eigenvalue weighted by atomic mass is 79.9. The molecule has 0 aliphatic heterocycles. The molecular formula is C25H20Br2N2O. The highest BCUT2D eigenvalue weighted by Crippen LogP contribution is 2.41. The Morgan fingerprint density at radius 2 is 1.30 bits per heavy atom. The Balaban J connectivity index is 1.82. The number of aromatic amines is 2. The van der Waals surface area contributed by atoms with Crippen LogP contribution < -0.4 is 0 Å². The number of aliphatic hydroxyl groups is 1. The quantitative estimate of drug-likeness (QED) is 0.231. The lowest BCUT2D eigenvalue weighted by Crippen LogP contribution is -2.07. The Morgan fingerprint density at radius 3 is 1.87 bits per heavy atom. The molecule has 0 radical (unpaired) electrons. The van der Waals surface area contributed by atoms with E-state index in [0.717, 1.165) is 20.0 Å². The summed E-state index contributed by atoms with van der Waals surface area (Å²) in [5, 5.41) is 12.1. The average Bonchev–Trinajstić information content (AvgIpc) is 3.34. The molecule has 5 heteroatoms. The van der Waals surface area contributed by atoms with Crippen molar-refractivity contribution in [3.8, 4) is 0 Å². The van der Waals surface area contributed by atoms with Gasteiger partial charge in [-0.15, -0.1) is 0 Å². The highest BCUT2D eigenvalue weighted by Gasteiger charge is 2.25. The van der Waals surface area contributed by atoms with E-state index < -0.39 is 0 Å². The van der Waals surface area contributed by atoms with Gasteiger partial charge in [0.25, 0.3) is 0 Å². The number of benzene rings is 3. The number of rotatable bonds is 5. The predicted octanol–water partition coefficient (Wildman–Crippen LogP) is 6.89. The van der Waals surface area contributed by atoms with Gasteiger partial charge >= 0.3 is 0 Å². The third-order valence-electron chi connectivity index (χ3n) is 5.72. The van der Waals surface area contributed by atoms with Crippen LogP contribution in [0.15, 0.2) is 82.0 Å². The largest absolute Gasteiger partial charge is 0.396 e. The number of nitrogens with one attached hydrogen (secondary N) is 2. The molecule has 150 valence electrons. The van der Waals surface area contributed by atoms with Crippen LogP contribution in [0.5, 0.6) is 0 Å². The first kappa shape index (κ1) is 19.6. The van der Waals surface area contributed by atoms with Gasteiger partial charge in [0, 0.05) is 55.7 Å². The number of fused-ring (bicyclic) bond motifs is 2. The molecule has 0 spiro atoms. The third-order valence-corrected chi connectivity index (χ3v) is 6.71. The molecule has 0 bridgehead atoms. The minimum atomic E-state index is 0.0267. The molecule has 0 atom stereocenters. The van der Waals surface area contributed by atoms with Crippen LogP contribution in [0.1, 0.15) is 28.2 Å². The van der Waals surface area contributed by atoms with Gasteiger partial charge in [0.05, 0.1) is 0 Å². The fourth-order valence-electron chi connectivity index (χ4n) is 4.37. The van der Waals surface area contributed by atoms with E-state index >= 15 is 0 Å². The van der Waals surface area contributed by atoms with E-state index in [1.165, 1.54) is 33.0 Å². The van der Waals surface area contributed by atoms with Crippen LogP contribution in [0.2, 0.25) is 0 Å². The number of hydrogen-bond acceptors (Lipinski definition) is 1. The van der Waals surface area contributed by atoms with Crippen LogP contribution in [0, 0.1) is 0 Å². The van der Waals surface area contributed by atoms with Gasteiger partial charge in [0.15, 0.2) is 0 Å². The van der Waals surface area contributed by atoms with Gasteiger partial charge < -0.3 is 15.1 Å². The van der Waals surface area contributed by atoms with Crippen molar-refractivity contribution < 1.29 is 5.11 Å². The topological polar surface area (TPSA) is 51.8 Å². The van der Waals surface area contributed by atoms with Gasteiger partial charge in [-0.05, 0) is 65.1 Å². The smallest absolute Gasteiger partial charge is 0.0471 e. The minimum Gasteiger partial charge on any atom is -0.396 e. The van der Waals surface area contributed by atoms with Crippen molar-refractivity contribution in [2.24, 2.45) is 0 Å². The van der Waals surface area contributed by atoms with E-state index in [2.05, 4.69) is 109 Å². The van der Waals surface area contributed by atoms with E-state index in [-0.39, 0.29) is 12.5 Å². The van der Waals surface area contributed by atoms with Crippen molar-refractivity contribution >= 4 is 53.7 Å². The van der Waals surface area contributed by atoms with E-state index in [9.17, 15) is 5.11 Å². The first-order valence-electron chi connectivity index (χ1n) is 9.87. The monoisotopic (exact) mass is 522 g/mol. The number of hydrogen-bond donors (Lipinski definition) is 3. The second-order valence-corrected chi connectivity index (χ2v) is 9.30. The molecule has 3 N–H and O–H groups in total. The minimum absolute atomic E-state index is 0.0267. The molecule has 0 saturated heterocycles. The van der Waals surface area contributed by atoms with Crippen LogP contribution in [-0.4, -0.2) is 21.7 Å². The summed E-state index contributed by atoms with van der Waals surface area (Å²) in [6.45, 7) is 0.128. The van der Waals surface area contributed by atoms with E-state index in [4.69, 9.17) is 0 Å². The van der Waals surface area contributed by atoms with Crippen molar-refractivity contribution in [2.45, 2.75) is 12.3 Å². The van der Waals surface area contributed by atoms with Crippen molar-refractivity contribution in [1.82, 2.24) is 9.97 Å². The lowest BCUT2D eigenvalue weighted by Gasteiger charge is -2.21.